The maximum atomic E-state index is 8.58. The van der Waals surface area contributed by atoms with Gasteiger partial charge in [-0.3, -0.25) is 5.87 Å². The fourth-order valence-corrected chi connectivity index (χ4v) is 1.37. The molecule has 0 spiro atoms. The Morgan fingerprint density at radius 1 is 1.29 bits per heavy atom. The van der Waals surface area contributed by atoms with E-state index in [0.29, 0.717) is 0 Å². The molecule has 17 heavy (non-hydrogen) atoms. The normalized spacial score (nSPS) is 11.4. The minimum Gasteiger partial charge on any atom is -1.00 e. The zero-order valence-corrected chi connectivity index (χ0v) is 13.1. The molecule has 1 aliphatic rings. The van der Waals surface area contributed by atoms with Crippen LogP contribution >= 0.6 is 0 Å². The maximum absolute atomic E-state index is 8.58. The van der Waals surface area contributed by atoms with E-state index in [2.05, 4.69) is 12.8 Å². The Balaban J connectivity index is 0. The molecule has 0 bridgehead atoms. The molecule has 0 fully saturated rings. The van der Waals surface area contributed by atoms with Crippen molar-refractivity contribution in [2.24, 2.45) is 0 Å². The van der Waals surface area contributed by atoms with Crippen LogP contribution in [-0.4, -0.2) is 5.87 Å². The van der Waals surface area contributed by atoms with Gasteiger partial charge in [-0.05, 0) is 23.6 Å². The summed E-state index contributed by atoms with van der Waals surface area (Å²) >= 11 is 0. The van der Waals surface area contributed by atoms with Crippen LogP contribution in [0.25, 0.3) is 5.41 Å². The summed E-state index contributed by atoms with van der Waals surface area (Å²) in [4.78, 5) is 0. The second kappa shape index (κ2) is 11.9. The molecule has 0 N–H and O–H groups in total. The second-order valence-corrected chi connectivity index (χ2v) is 3.29. The number of nitrogens with zero attached hydrogens (tertiary/aromatic N) is 1. The molecule has 1 nitrogen and oxygen atoms in total. The van der Waals surface area contributed by atoms with E-state index < -0.39 is 0 Å². The maximum Gasteiger partial charge on any atom is 2.00 e. The third kappa shape index (κ3) is 7.39. The van der Waals surface area contributed by atoms with Crippen LogP contribution < -0.4 is 12.4 Å². The van der Waals surface area contributed by atoms with Crippen molar-refractivity contribution in [2.45, 2.75) is 19.8 Å². The van der Waals surface area contributed by atoms with Gasteiger partial charge in [0, 0.05) is 0 Å². The van der Waals surface area contributed by atoms with Crippen LogP contribution in [0, 0.1) is 0 Å². The van der Waals surface area contributed by atoms with Gasteiger partial charge in [0.2, 0.25) is 0 Å². The number of rotatable bonds is 2. The van der Waals surface area contributed by atoms with Gasteiger partial charge in [-0.25, -0.2) is 12.1 Å². The Kier molecular flexibility index (Phi) is 13.2. The summed E-state index contributed by atoms with van der Waals surface area (Å²) in [6.07, 6.45) is 7.95. The van der Waals surface area contributed by atoms with Gasteiger partial charge in [0.05, 0.1) is 0 Å². The van der Waals surface area contributed by atoms with Crippen molar-refractivity contribution in [1.82, 2.24) is 0 Å². The third-order valence-electron chi connectivity index (χ3n) is 2.10. The van der Waals surface area contributed by atoms with Crippen LogP contribution in [0.2, 0.25) is 0 Å². The van der Waals surface area contributed by atoms with Gasteiger partial charge in [-0.1, -0.05) is 25.5 Å². The van der Waals surface area contributed by atoms with Crippen LogP contribution in [0.4, 0.5) is 0 Å². The van der Waals surface area contributed by atoms with E-state index in [-0.39, 0.29) is 38.6 Å². The van der Waals surface area contributed by atoms with Gasteiger partial charge >= 0.3 is 26.2 Å². The summed E-state index contributed by atoms with van der Waals surface area (Å²) in [6, 6.07) is 10.0. The molecule has 2 rings (SSSR count). The monoisotopic (exact) mass is 322 g/mol. The van der Waals surface area contributed by atoms with Crippen molar-refractivity contribution in [3.8, 4) is 0 Å². The molecule has 0 radical (unpaired) electrons. The molecule has 0 amide bonds. The predicted molar refractivity (Wildman–Crippen MR) is 66.0 cm³/mol. The van der Waals surface area contributed by atoms with Crippen LogP contribution in [-0.2, 0) is 26.2 Å². The molecule has 0 saturated heterocycles. The number of halogens is 1. The molecule has 1 aromatic carbocycles. The van der Waals surface area contributed by atoms with Crippen molar-refractivity contribution in [3.63, 3.8) is 0 Å². The van der Waals surface area contributed by atoms with Gasteiger partial charge in [0.1, 0.15) is 0 Å². The Morgan fingerprint density at radius 2 is 1.94 bits per heavy atom. The summed E-state index contributed by atoms with van der Waals surface area (Å²) < 4.78 is 0. The van der Waals surface area contributed by atoms with E-state index in [1.165, 1.54) is 5.57 Å². The van der Waals surface area contributed by atoms with Crippen molar-refractivity contribution >= 4 is 5.87 Å². The van der Waals surface area contributed by atoms with E-state index in [1.807, 2.05) is 48.6 Å². The third-order valence-corrected chi connectivity index (χ3v) is 2.10. The first-order valence-electron chi connectivity index (χ1n) is 5.19. The second-order valence-electron chi connectivity index (χ2n) is 3.29. The van der Waals surface area contributed by atoms with E-state index in [1.54, 1.807) is 0 Å². The molecule has 0 saturated carbocycles. The fraction of sp³-hybridized carbons (Fsp3) is 0.214. The van der Waals surface area contributed by atoms with E-state index in [4.69, 9.17) is 5.41 Å². The average Bonchev–Trinajstić information content (AvgIpc) is 2.92. The Labute approximate surface area is 129 Å². The first-order valence-corrected chi connectivity index (χ1v) is 5.19. The summed E-state index contributed by atoms with van der Waals surface area (Å²) in [5.41, 5.74) is 2.02. The number of hydrogen-bond acceptors (Lipinski definition) is 0. The van der Waals surface area contributed by atoms with Gasteiger partial charge in [-0.15, -0.1) is 0 Å². The average molecular weight is 324 g/mol. The smallest absolute Gasteiger partial charge is 1.00 e. The van der Waals surface area contributed by atoms with Crippen LogP contribution in [0.15, 0.2) is 59.7 Å². The van der Waals surface area contributed by atoms with Crippen molar-refractivity contribution in [2.75, 3.05) is 0 Å². The Morgan fingerprint density at radius 3 is 2.35 bits per heavy atom. The Hall–Kier alpha value is -0.547. The topological polar surface area (TPSA) is 22.3 Å². The quantitative estimate of drug-likeness (QED) is 0.569. The van der Waals surface area contributed by atoms with Gasteiger partial charge in [-0.2, -0.15) is 18.2 Å². The predicted octanol–water partition coefficient (Wildman–Crippen LogP) is 0.855. The zero-order valence-electron chi connectivity index (χ0n) is 9.86. The summed E-state index contributed by atoms with van der Waals surface area (Å²) in [6.45, 7) is 2.12. The molecular weight excluding hydrogens is 309 g/mol. The Bertz CT molecular complexity index is 367. The molecule has 88 valence electrons. The zero-order chi connectivity index (χ0) is 10.9. The van der Waals surface area contributed by atoms with E-state index in [9.17, 15) is 0 Å². The van der Waals surface area contributed by atoms with Gasteiger partial charge < -0.3 is 17.8 Å². The standard InChI is InChI=1S/C9H10N.C5H5.ClH.Zr/c1-2-4-8-5-3-6-9(8)7-10;1-2-4-5-3-1;;/h3,5-6H,2,4H2,1H3;1-5H;1H;/q2*-1;;+2/p-1. The van der Waals surface area contributed by atoms with Crippen molar-refractivity contribution in [3.05, 3.63) is 65.1 Å². The molecule has 0 atom stereocenters. The minimum absolute atomic E-state index is 0. The molecule has 1 aromatic rings. The molecular formula is C14H15ClNZr-. The van der Waals surface area contributed by atoms with E-state index >= 15 is 0 Å². The molecule has 0 aliphatic heterocycles. The first-order chi connectivity index (χ1) is 7.38. The van der Waals surface area contributed by atoms with Crippen molar-refractivity contribution in [1.29, 1.82) is 0 Å². The van der Waals surface area contributed by atoms with Gasteiger partial charge in [0.25, 0.3) is 0 Å². The van der Waals surface area contributed by atoms with Crippen LogP contribution in [0.3, 0.4) is 0 Å². The molecule has 0 aromatic heterocycles. The summed E-state index contributed by atoms with van der Waals surface area (Å²) in [5, 5.41) is 8.58. The van der Waals surface area contributed by atoms with Crippen LogP contribution in [0.1, 0.15) is 19.8 Å². The minimum atomic E-state index is 0. The van der Waals surface area contributed by atoms with Crippen LogP contribution in [0.5, 0.6) is 0 Å². The molecule has 0 unspecified atom stereocenters. The number of allylic oxidation sites excluding steroid dienone is 5. The summed E-state index contributed by atoms with van der Waals surface area (Å²) in [7, 11) is 0. The molecule has 3 heteroatoms. The summed E-state index contributed by atoms with van der Waals surface area (Å²) in [5.74, 6) is 2.16. The van der Waals surface area contributed by atoms with E-state index in [0.717, 1.165) is 18.4 Å². The van der Waals surface area contributed by atoms with Crippen molar-refractivity contribution < 1.29 is 38.6 Å². The molecule has 0 heterocycles. The fourth-order valence-electron chi connectivity index (χ4n) is 1.37. The largest absolute Gasteiger partial charge is 2.00 e. The SMILES string of the molecule is CCCC1=CC=CC1=C=[N-].[Cl-].[Zr+2].c1cc[cH-]c1. The first kappa shape index (κ1) is 18.8. The number of hydrogen-bond donors (Lipinski definition) is 0. The molecule has 1 aliphatic carbocycles. The van der Waals surface area contributed by atoms with Gasteiger partial charge in [0.15, 0.2) is 0 Å².